The summed E-state index contributed by atoms with van der Waals surface area (Å²) in [6.45, 7) is 3.09. The number of anilines is 1. The number of carboxylic acid groups (broad SMARTS) is 1. The van der Waals surface area contributed by atoms with E-state index in [1.165, 1.54) is 17.5 Å². The molecule has 3 fully saturated rings. The first-order valence-electron chi connectivity index (χ1n) is 11.5. The van der Waals surface area contributed by atoms with Crippen LogP contribution in [0.25, 0.3) is 26.1 Å². The van der Waals surface area contributed by atoms with E-state index in [4.69, 9.17) is 4.98 Å². The lowest BCUT2D eigenvalue weighted by Gasteiger charge is -2.22. The van der Waals surface area contributed by atoms with Gasteiger partial charge in [-0.1, -0.05) is 12.1 Å². The van der Waals surface area contributed by atoms with Gasteiger partial charge in [-0.3, -0.25) is 14.0 Å². The molecule has 1 aromatic carbocycles. The maximum atomic E-state index is 13.1. The van der Waals surface area contributed by atoms with E-state index in [1.54, 1.807) is 4.40 Å². The SMILES string of the molecule is O=C(O)c1c(=O)c2cnc(N3CC4CN(C(=O)C5CC5)CC4C3)nc2n2c1sc1ccccc12. The van der Waals surface area contributed by atoms with Crippen molar-refractivity contribution in [3.8, 4) is 0 Å². The average Bonchev–Trinajstić information content (AvgIpc) is 3.32. The Morgan fingerprint density at radius 1 is 1.06 bits per heavy atom. The first-order chi connectivity index (χ1) is 16.5. The van der Waals surface area contributed by atoms with Gasteiger partial charge in [0.05, 0.1) is 15.6 Å². The Labute approximate surface area is 197 Å². The molecule has 9 nitrogen and oxygen atoms in total. The third kappa shape index (κ3) is 2.81. The van der Waals surface area contributed by atoms with Crippen LogP contribution in [0.4, 0.5) is 5.95 Å². The first kappa shape index (κ1) is 19.9. The van der Waals surface area contributed by atoms with Crippen molar-refractivity contribution in [1.82, 2.24) is 19.3 Å². The molecule has 2 unspecified atom stereocenters. The summed E-state index contributed by atoms with van der Waals surface area (Å²) in [5.41, 5.74) is 0.427. The molecule has 1 amide bonds. The molecule has 7 rings (SSSR count). The molecule has 1 N–H and O–H groups in total. The molecule has 3 aliphatic rings. The van der Waals surface area contributed by atoms with Crippen LogP contribution in [-0.4, -0.2) is 62.4 Å². The Kier molecular flexibility index (Phi) is 4.09. The summed E-state index contributed by atoms with van der Waals surface area (Å²) in [6, 6.07) is 7.59. The number of nitrogens with zero attached hydrogens (tertiary/aromatic N) is 5. The summed E-state index contributed by atoms with van der Waals surface area (Å²) < 4.78 is 2.66. The summed E-state index contributed by atoms with van der Waals surface area (Å²) in [5.74, 6) is 0.618. The molecule has 2 aliphatic heterocycles. The minimum atomic E-state index is -1.25. The van der Waals surface area contributed by atoms with Gasteiger partial charge in [0.15, 0.2) is 5.65 Å². The predicted molar refractivity (Wildman–Crippen MR) is 128 cm³/mol. The molecule has 5 heterocycles. The van der Waals surface area contributed by atoms with Crippen molar-refractivity contribution in [1.29, 1.82) is 0 Å². The molecule has 1 aliphatic carbocycles. The van der Waals surface area contributed by atoms with E-state index < -0.39 is 11.4 Å². The summed E-state index contributed by atoms with van der Waals surface area (Å²) in [6.07, 6.45) is 3.51. The molecular formula is C24H21N5O4S. The molecule has 2 atom stereocenters. The Balaban J connectivity index is 1.31. The van der Waals surface area contributed by atoms with Gasteiger partial charge in [0.1, 0.15) is 10.4 Å². The van der Waals surface area contributed by atoms with Crippen molar-refractivity contribution < 1.29 is 14.7 Å². The largest absolute Gasteiger partial charge is 0.477 e. The maximum Gasteiger partial charge on any atom is 0.342 e. The topological polar surface area (TPSA) is 108 Å². The standard InChI is InChI=1S/C24H21N5O4S/c30-19-15-7-25-24(28-10-13-8-27(9-14(13)11-28)21(31)12-5-6-12)26-20(15)29-16-3-1-2-4-17(16)34-22(29)18(19)23(32)33/h1-4,7,12-14H,5-6,8-11H2,(H,32,33). The molecule has 2 saturated heterocycles. The fraction of sp³-hybridized carbons (Fsp3) is 0.375. The number of fused-ring (bicyclic) bond motifs is 6. The van der Waals surface area contributed by atoms with Gasteiger partial charge in [-0.05, 0) is 25.0 Å². The number of thiazole rings is 1. The Bertz CT molecular complexity index is 1580. The smallest absolute Gasteiger partial charge is 0.342 e. The number of hydrogen-bond donors (Lipinski definition) is 1. The zero-order valence-electron chi connectivity index (χ0n) is 18.2. The molecular weight excluding hydrogens is 454 g/mol. The molecule has 0 bridgehead atoms. The summed E-state index contributed by atoms with van der Waals surface area (Å²) >= 11 is 1.28. The van der Waals surface area contributed by atoms with Gasteiger partial charge >= 0.3 is 5.97 Å². The fourth-order valence-corrected chi connectivity index (χ4v) is 6.73. The predicted octanol–water partition coefficient (Wildman–Crippen LogP) is 2.46. The van der Waals surface area contributed by atoms with E-state index in [9.17, 15) is 19.5 Å². The quantitative estimate of drug-likeness (QED) is 0.485. The number of carbonyl (C=O) groups is 2. The lowest BCUT2D eigenvalue weighted by atomic mass is 10.0. The first-order valence-corrected chi connectivity index (χ1v) is 12.3. The second-order valence-corrected chi connectivity index (χ2v) is 10.6. The van der Waals surface area contributed by atoms with Gasteiger partial charge in [0.25, 0.3) is 0 Å². The van der Waals surface area contributed by atoms with Crippen LogP contribution in [0.5, 0.6) is 0 Å². The third-order valence-electron chi connectivity index (χ3n) is 7.39. The van der Waals surface area contributed by atoms with E-state index in [-0.39, 0.29) is 16.9 Å². The van der Waals surface area contributed by atoms with Crippen molar-refractivity contribution >= 4 is 55.2 Å². The second kappa shape index (κ2) is 6.99. The van der Waals surface area contributed by atoms with Crippen LogP contribution in [0, 0.1) is 17.8 Å². The van der Waals surface area contributed by atoms with Crippen LogP contribution in [-0.2, 0) is 4.79 Å². The minimum absolute atomic E-state index is 0.197. The number of likely N-dealkylation sites (tertiary alicyclic amines) is 1. The highest BCUT2D eigenvalue weighted by atomic mass is 32.1. The number of benzene rings is 1. The Morgan fingerprint density at radius 2 is 1.79 bits per heavy atom. The fourth-order valence-electron chi connectivity index (χ4n) is 5.55. The molecule has 0 radical (unpaired) electrons. The van der Waals surface area contributed by atoms with Crippen molar-refractivity contribution in [2.75, 3.05) is 31.1 Å². The lowest BCUT2D eigenvalue weighted by Crippen LogP contribution is -2.34. The Morgan fingerprint density at radius 3 is 2.50 bits per heavy atom. The molecule has 172 valence electrons. The molecule has 1 saturated carbocycles. The van der Waals surface area contributed by atoms with Crippen LogP contribution >= 0.6 is 11.3 Å². The number of carbonyl (C=O) groups excluding carboxylic acids is 1. The average molecular weight is 476 g/mol. The number of aromatic carboxylic acids is 1. The van der Waals surface area contributed by atoms with Gasteiger partial charge in [-0.25, -0.2) is 9.78 Å². The van der Waals surface area contributed by atoms with Crippen LogP contribution in [0.1, 0.15) is 23.2 Å². The highest BCUT2D eigenvalue weighted by Gasteiger charge is 2.45. The number of hydrogen-bond acceptors (Lipinski definition) is 7. The highest BCUT2D eigenvalue weighted by molar-refractivity contribution is 7.24. The van der Waals surface area contributed by atoms with Gasteiger partial charge in [0.2, 0.25) is 17.3 Å². The van der Waals surface area contributed by atoms with E-state index in [1.807, 2.05) is 29.2 Å². The maximum absolute atomic E-state index is 13.1. The number of pyridine rings is 1. The van der Waals surface area contributed by atoms with Crippen LogP contribution < -0.4 is 10.3 Å². The number of aromatic nitrogens is 3. The molecule has 3 aromatic heterocycles. The number of carboxylic acids is 1. The normalized spacial score (nSPS) is 22.2. The lowest BCUT2D eigenvalue weighted by molar-refractivity contribution is -0.131. The highest BCUT2D eigenvalue weighted by Crippen LogP contribution is 2.38. The van der Waals surface area contributed by atoms with Gasteiger partial charge in [-0.15, -0.1) is 11.3 Å². The monoisotopic (exact) mass is 475 g/mol. The van der Waals surface area contributed by atoms with Gasteiger partial charge in [-0.2, -0.15) is 4.98 Å². The second-order valence-electron chi connectivity index (χ2n) is 9.57. The van der Waals surface area contributed by atoms with E-state index in [0.717, 1.165) is 49.2 Å². The van der Waals surface area contributed by atoms with Crippen LogP contribution in [0.3, 0.4) is 0 Å². The molecule has 4 aromatic rings. The van der Waals surface area contributed by atoms with Crippen LogP contribution in [0.15, 0.2) is 35.3 Å². The third-order valence-corrected chi connectivity index (χ3v) is 8.54. The number of para-hydroxylation sites is 1. The van der Waals surface area contributed by atoms with E-state index in [2.05, 4.69) is 9.88 Å². The van der Waals surface area contributed by atoms with Crippen molar-refractivity contribution in [3.63, 3.8) is 0 Å². The van der Waals surface area contributed by atoms with Gasteiger partial charge in [0, 0.05) is 50.1 Å². The van der Waals surface area contributed by atoms with Crippen molar-refractivity contribution in [3.05, 3.63) is 46.2 Å². The summed E-state index contributed by atoms with van der Waals surface area (Å²) in [4.78, 5) is 51.3. The zero-order valence-corrected chi connectivity index (χ0v) is 19.0. The minimum Gasteiger partial charge on any atom is -0.477 e. The molecule has 34 heavy (non-hydrogen) atoms. The molecule has 10 heteroatoms. The van der Waals surface area contributed by atoms with E-state index >= 15 is 0 Å². The summed E-state index contributed by atoms with van der Waals surface area (Å²) in [5, 5.41) is 9.98. The number of rotatable bonds is 3. The zero-order chi connectivity index (χ0) is 23.1. The van der Waals surface area contributed by atoms with Crippen LogP contribution in [0.2, 0.25) is 0 Å². The van der Waals surface area contributed by atoms with E-state index in [0.29, 0.717) is 34.2 Å². The number of amides is 1. The molecule has 0 spiro atoms. The summed E-state index contributed by atoms with van der Waals surface area (Å²) in [7, 11) is 0. The van der Waals surface area contributed by atoms with Gasteiger partial charge < -0.3 is 14.9 Å². The van der Waals surface area contributed by atoms with Crippen molar-refractivity contribution in [2.45, 2.75) is 12.8 Å². The Hall–Kier alpha value is -3.53. The van der Waals surface area contributed by atoms with Crippen molar-refractivity contribution in [2.24, 2.45) is 17.8 Å².